The van der Waals surface area contributed by atoms with Crippen LogP contribution in [0.15, 0.2) is 150 Å². The predicted molar refractivity (Wildman–Crippen MR) is 200 cm³/mol. The van der Waals surface area contributed by atoms with Gasteiger partial charge in [0, 0.05) is 56.1 Å². The highest BCUT2D eigenvalue weighted by Gasteiger charge is 2.39. The van der Waals surface area contributed by atoms with Gasteiger partial charge in [0.1, 0.15) is 11.3 Å². The molecule has 1 aliphatic heterocycles. The number of rotatable bonds is 3. The summed E-state index contributed by atoms with van der Waals surface area (Å²) in [7, 11) is 0. The number of nitrogens with zero attached hydrogens (tertiary/aromatic N) is 3. The average Bonchev–Trinajstić information content (AvgIpc) is 3.70. The van der Waals surface area contributed by atoms with Crippen molar-refractivity contribution in [1.29, 1.82) is 5.26 Å². The Kier molecular flexibility index (Phi) is 5.99. The zero-order valence-corrected chi connectivity index (χ0v) is 27.2. The Balaban J connectivity index is 1.14. The first-order chi connectivity index (χ1) is 24.1. The first-order valence-electron chi connectivity index (χ1n) is 17.1. The van der Waals surface area contributed by atoms with Gasteiger partial charge in [-0.2, -0.15) is 5.26 Å². The summed E-state index contributed by atoms with van der Waals surface area (Å²) < 4.78 is 8.82. The number of nitriles is 1. The second-order valence-electron chi connectivity index (χ2n) is 13.8. The second kappa shape index (κ2) is 10.5. The van der Waals surface area contributed by atoms with Crippen molar-refractivity contribution in [2.24, 2.45) is 0 Å². The zero-order chi connectivity index (χ0) is 32.7. The smallest absolute Gasteiger partial charge is 0.137 e. The molecule has 4 aromatic carbocycles. The number of benzene rings is 4. The maximum Gasteiger partial charge on any atom is 0.137 e. The van der Waals surface area contributed by atoms with Crippen molar-refractivity contribution in [3.63, 3.8) is 0 Å². The number of hydrogen-bond acceptors (Lipinski definition) is 3. The third-order valence-electron chi connectivity index (χ3n) is 11.0. The lowest BCUT2D eigenvalue weighted by molar-refractivity contribution is 0.587. The summed E-state index contributed by atoms with van der Waals surface area (Å²) in [5.74, 6) is 1.26. The van der Waals surface area contributed by atoms with Gasteiger partial charge in [-0.15, -0.1) is 0 Å². The van der Waals surface area contributed by atoms with Gasteiger partial charge in [-0.05, 0) is 60.9 Å². The Labute approximate surface area is 285 Å². The van der Waals surface area contributed by atoms with Crippen LogP contribution in [0.1, 0.15) is 47.3 Å². The van der Waals surface area contributed by atoms with Crippen molar-refractivity contribution < 1.29 is 4.42 Å². The van der Waals surface area contributed by atoms with Crippen molar-refractivity contribution in [1.82, 2.24) is 4.57 Å². The molecule has 0 amide bonds. The summed E-state index contributed by atoms with van der Waals surface area (Å²) in [4.78, 5) is 2.49. The van der Waals surface area contributed by atoms with E-state index in [2.05, 4.69) is 150 Å². The summed E-state index contributed by atoms with van der Waals surface area (Å²) in [6, 6.07) is 30.9. The summed E-state index contributed by atoms with van der Waals surface area (Å²) in [6.07, 6.45) is 25.9. The molecule has 0 saturated heterocycles. The van der Waals surface area contributed by atoms with Gasteiger partial charge in [-0.25, -0.2) is 0 Å². The van der Waals surface area contributed by atoms with Crippen molar-refractivity contribution in [2.75, 3.05) is 4.90 Å². The van der Waals surface area contributed by atoms with Gasteiger partial charge < -0.3 is 13.9 Å². The minimum absolute atomic E-state index is 0.252. The van der Waals surface area contributed by atoms with Crippen LogP contribution >= 0.6 is 0 Å². The number of fused-ring (bicyclic) bond motifs is 9. The van der Waals surface area contributed by atoms with Gasteiger partial charge in [0.05, 0.1) is 34.4 Å². The van der Waals surface area contributed by atoms with Gasteiger partial charge >= 0.3 is 0 Å². The van der Waals surface area contributed by atoms with E-state index in [4.69, 9.17) is 4.42 Å². The normalized spacial score (nSPS) is 22.0. The molecule has 0 spiro atoms. The molecule has 3 unspecified atom stereocenters. The van der Waals surface area contributed by atoms with E-state index >= 15 is 0 Å². The molecular weight excluding hydrogens is 599 g/mol. The molecule has 0 fully saturated rings. The van der Waals surface area contributed by atoms with Gasteiger partial charge in [-0.3, -0.25) is 0 Å². The maximum absolute atomic E-state index is 10.6. The highest BCUT2D eigenvalue weighted by molar-refractivity contribution is 6.13. The monoisotopic (exact) mass is 631 g/mol. The molecule has 0 N–H and O–H groups in total. The van der Waals surface area contributed by atoms with Crippen LogP contribution in [0.2, 0.25) is 0 Å². The van der Waals surface area contributed by atoms with E-state index in [1.165, 1.54) is 33.3 Å². The first kappa shape index (κ1) is 28.0. The summed E-state index contributed by atoms with van der Waals surface area (Å²) >= 11 is 0. The lowest BCUT2D eigenvalue weighted by Crippen LogP contribution is -2.33. The molecule has 0 bridgehead atoms. The van der Waals surface area contributed by atoms with Gasteiger partial charge in [0.2, 0.25) is 0 Å². The Hall–Kier alpha value is -6.05. The van der Waals surface area contributed by atoms with Crippen LogP contribution in [0, 0.1) is 11.3 Å². The molecule has 10 rings (SSSR count). The summed E-state index contributed by atoms with van der Waals surface area (Å²) in [5, 5.41) is 14.1. The summed E-state index contributed by atoms with van der Waals surface area (Å²) in [5.41, 5.74) is 10.5. The van der Waals surface area contributed by atoms with E-state index in [0.717, 1.165) is 51.9 Å². The molecule has 3 aliphatic carbocycles. The molecule has 3 heterocycles. The number of furan rings is 1. The fourth-order valence-corrected chi connectivity index (χ4v) is 8.74. The highest BCUT2D eigenvalue weighted by atomic mass is 16.3. The molecule has 6 aromatic rings. The lowest BCUT2D eigenvalue weighted by Gasteiger charge is -2.36. The minimum atomic E-state index is -0.410. The van der Waals surface area contributed by atoms with Crippen LogP contribution in [0.3, 0.4) is 0 Å². The summed E-state index contributed by atoms with van der Waals surface area (Å²) in [6.45, 7) is 2.27. The Morgan fingerprint density at radius 2 is 1.67 bits per heavy atom. The molecule has 4 heteroatoms. The largest absolute Gasteiger partial charge is 0.456 e. The van der Waals surface area contributed by atoms with Gasteiger partial charge in [0.25, 0.3) is 0 Å². The molecule has 0 radical (unpaired) electrons. The SMILES string of the molecule is CC1(c2c(C#N)cccc2-n2c3ccccc3c3cc4c5c(oc4cc32)C=CC=CC5)C=CC(N2c3ccccc3C3C=CC=CC32)=CC1. The molecule has 49 heavy (non-hydrogen) atoms. The Morgan fingerprint density at radius 3 is 2.57 bits per heavy atom. The van der Waals surface area contributed by atoms with E-state index in [-0.39, 0.29) is 6.04 Å². The zero-order valence-electron chi connectivity index (χ0n) is 27.2. The van der Waals surface area contributed by atoms with Crippen molar-refractivity contribution in [3.8, 4) is 11.8 Å². The lowest BCUT2D eigenvalue weighted by atomic mass is 9.74. The van der Waals surface area contributed by atoms with Gasteiger partial charge in [-0.1, -0.05) is 104 Å². The quantitative estimate of drug-likeness (QED) is 0.195. The topological polar surface area (TPSA) is 45.1 Å². The van der Waals surface area contributed by atoms with Crippen molar-refractivity contribution in [3.05, 3.63) is 173 Å². The third-order valence-corrected chi connectivity index (χ3v) is 11.0. The third kappa shape index (κ3) is 4.03. The van der Waals surface area contributed by atoms with Crippen LogP contribution in [0.25, 0.3) is 44.5 Å². The number of aromatic nitrogens is 1. The fourth-order valence-electron chi connectivity index (χ4n) is 8.74. The van der Waals surface area contributed by atoms with Crippen LogP contribution < -0.4 is 4.90 Å². The molecule has 3 atom stereocenters. The standard InChI is InChI=1S/C45H33N3O/c1-45(24-22-30(23-25-45)47-37-17-8-5-13-31(37)32-14-6-9-18-38(32)47)44-29(28-46)12-11-20-40(44)48-39-19-10-7-15-33(39)35-26-36-34-16-3-2-4-21-42(34)49-43(36)27-41(35)48/h2-15,17-24,26-27,31,37H,16,25H2,1H3. The number of hydrogen-bond donors (Lipinski definition) is 0. The molecule has 2 aromatic heterocycles. The maximum atomic E-state index is 10.6. The average molecular weight is 632 g/mol. The Morgan fingerprint density at radius 1 is 0.816 bits per heavy atom. The van der Waals surface area contributed by atoms with E-state index in [1.54, 1.807) is 0 Å². The highest BCUT2D eigenvalue weighted by Crippen LogP contribution is 2.48. The molecular formula is C45H33N3O. The second-order valence-corrected chi connectivity index (χ2v) is 13.8. The van der Waals surface area contributed by atoms with Crippen molar-refractivity contribution in [2.45, 2.75) is 37.1 Å². The van der Waals surface area contributed by atoms with E-state index in [1.807, 2.05) is 18.2 Å². The predicted octanol–water partition coefficient (Wildman–Crippen LogP) is 10.7. The number of allylic oxidation sites excluding steroid dienone is 8. The van der Waals surface area contributed by atoms with Crippen LogP contribution in [-0.2, 0) is 11.8 Å². The van der Waals surface area contributed by atoms with E-state index in [9.17, 15) is 5.26 Å². The van der Waals surface area contributed by atoms with E-state index < -0.39 is 5.41 Å². The van der Waals surface area contributed by atoms with Crippen LogP contribution in [0.4, 0.5) is 5.69 Å². The molecule has 234 valence electrons. The van der Waals surface area contributed by atoms with Crippen molar-refractivity contribution >= 4 is 44.5 Å². The number of para-hydroxylation sites is 2. The molecule has 4 aliphatic rings. The fraction of sp³-hybridized carbons (Fsp3) is 0.133. The molecule has 4 nitrogen and oxygen atoms in total. The first-order valence-corrected chi connectivity index (χ1v) is 17.1. The van der Waals surface area contributed by atoms with E-state index in [0.29, 0.717) is 11.5 Å². The van der Waals surface area contributed by atoms with Crippen LogP contribution in [-0.4, -0.2) is 10.6 Å². The number of anilines is 1. The minimum Gasteiger partial charge on any atom is -0.456 e. The molecule has 0 saturated carbocycles. The Bertz CT molecular complexity index is 2610. The van der Waals surface area contributed by atoms with Crippen LogP contribution in [0.5, 0.6) is 0 Å². The van der Waals surface area contributed by atoms with Gasteiger partial charge in [0.15, 0.2) is 0 Å².